The van der Waals surface area contributed by atoms with Crippen molar-refractivity contribution in [3.63, 3.8) is 0 Å². The molecule has 0 aromatic heterocycles. The van der Waals surface area contributed by atoms with Crippen LogP contribution in [0.3, 0.4) is 0 Å². The molecule has 0 spiro atoms. The van der Waals surface area contributed by atoms with E-state index in [4.69, 9.17) is 51.5 Å². The third-order valence-corrected chi connectivity index (χ3v) is 6.54. The average molecular weight is 628 g/mol. The first kappa shape index (κ1) is 36.4. The van der Waals surface area contributed by atoms with Crippen LogP contribution < -0.4 is 10.5 Å². The van der Waals surface area contributed by atoms with Crippen molar-refractivity contribution in [1.29, 1.82) is 0 Å². The first-order valence-corrected chi connectivity index (χ1v) is 15.0. The number of hydrogen-bond acceptors (Lipinski definition) is 5. The Bertz CT molecular complexity index is 1210. The molecule has 212 valence electrons. The number of fused-ring (bicyclic) bond motifs is 1. The smallest absolute Gasteiger partial charge is 0.261 e. The monoisotopic (exact) mass is 626 g/mol. The summed E-state index contributed by atoms with van der Waals surface area (Å²) in [7, 11) is -3.90. The van der Waals surface area contributed by atoms with E-state index < -0.39 is 33.7 Å². The van der Waals surface area contributed by atoms with E-state index >= 15 is 0 Å². The van der Waals surface area contributed by atoms with Crippen molar-refractivity contribution < 1.29 is 23.1 Å². The number of anilines is 1. The third kappa shape index (κ3) is 10.2. The first-order chi connectivity index (χ1) is 17.7. The summed E-state index contributed by atoms with van der Waals surface area (Å²) in [5.74, 6) is -1.41. The fourth-order valence-corrected chi connectivity index (χ4v) is 4.25. The summed E-state index contributed by atoms with van der Waals surface area (Å²) in [5.41, 5.74) is -1.90. The van der Waals surface area contributed by atoms with E-state index in [1.165, 1.54) is 36.4 Å². The van der Waals surface area contributed by atoms with E-state index in [0.29, 0.717) is 0 Å². The number of halogens is 4. The number of hydrogen-bond donors (Lipinski definition) is 3. The highest BCUT2D eigenvalue weighted by Crippen LogP contribution is 2.46. The van der Waals surface area contributed by atoms with Gasteiger partial charge in [0.15, 0.2) is 11.4 Å². The zero-order valence-electron chi connectivity index (χ0n) is 22.1. The number of allylic oxidation sites excluding steroid dienone is 2. The number of aliphatic hydroxyl groups is 1. The Balaban J connectivity index is 0.000000970. The number of carbonyl (C=O) groups is 2. The highest BCUT2D eigenvalue weighted by molar-refractivity contribution is 7.89. The van der Waals surface area contributed by atoms with Crippen molar-refractivity contribution in [2.75, 3.05) is 5.32 Å². The van der Waals surface area contributed by atoms with Gasteiger partial charge in [-0.3, -0.25) is 9.59 Å². The number of carbonyl (C=O) groups excluding carboxylic acids is 2. The van der Waals surface area contributed by atoms with Crippen molar-refractivity contribution in [2.24, 2.45) is 5.14 Å². The Morgan fingerprint density at radius 3 is 1.84 bits per heavy atom. The molecule has 1 aliphatic heterocycles. The first-order valence-electron chi connectivity index (χ1n) is 11.8. The van der Waals surface area contributed by atoms with Crippen LogP contribution in [0.4, 0.5) is 5.69 Å². The molecular formula is C26H34Cl4N2O5S. The molecule has 0 radical (unpaired) electrons. The van der Waals surface area contributed by atoms with Gasteiger partial charge >= 0.3 is 0 Å². The lowest BCUT2D eigenvalue weighted by atomic mass is 9.88. The van der Waals surface area contributed by atoms with Gasteiger partial charge < -0.3 is 10.4 Å². The number of alkyl halides is 2. The molecule has 0 bridgehead atoms. The van der Waals surface area contributed by atoms with E-state index in [1.54, 1.807) is 0 Å². The van der Waals surface area contributed by atoms with Gasteiger partial charge in [0.2, 0.25) is 10.0 Å². The largest absolute Gasteiger partial charge is 0.375 e. The molecule has 1 heterocycles. The number of benzene rings is 2. The molecule has 0 aliphatic carbocycles. The molecule has 2 aromatic carbocycles. The van der Waals surface area contributed by atoms with Gasteiger partial charge in [0.05, 0.1) is 22.0 Å². The summed E-state index contributed by atoms with van der Waals surface area (Å²) in [6.45, 7) is 11.8. The predicted molar refractivity (Wildman–Crippen MR) is 158 cm³/mol. The lowest BCUT2D eigenvalue weighted by molar-refractivity contribution is -0.133. The zero-order valence-corrected chi connectivity index (χ0v) is 25.9. The van der Waals surface area contributed by atoms with Crippen molar-refractivity contribution in [1.82, 2.24) is 0 Å². The van der Waals surface area contributed by atoms with E-state index in [-0.39, 0.29) is 42.5 Å². The van der Waals surface area contributed by atoms with Gasteiger partial charge in [-0.1, -0.05) is 75.2 Å². The third-order valence-electron chi connectivity index (χ3n) is 4.69. The molecule has 4 N–H and O–H groups in total. The number of sulfonamides is 1. The normalized spacial score (nSPS) is 17.4. The van der Waals surface area contributed by atoms with Gasteiger partial charge in [-0.15, -0.1) is 23.2 Å². The van der Waals surface area contributed by atoms with Crippen molar-refractivity contribution in [2.45, 2.75) is 69.2 Å². The molecule has 0 saturated carbocycles. The topological polar surface area (TPSA) is 127 Å². The molecule has 3 unspecified atom stereocenters. The second kappa shape index (κ2) is 16.5. The summed E-state index contributed by atoms with van der Waals surface area (Å²) < 4.78 is 22.5. The summed E-state index contributed by atoms with van der Waals surface area (Å²) >= 11 is 23.3. The molecule has 0 saturated heterocycles. The SMILES string of the molecule is CC.CC.CC(Cl)/C=C\C(C)Cl.NS(=O)(=O)c1ccc(C(=O)CC2(O)C(=O)Nc3c(Cl)ccc(Cl)c32)cc1. The molecule has 7 nitrogen and oxygen atoms in total. The van der Waals surface area contributed by atoms with Gasteiger partial charge in [0.25, 0.3) is 5.91 Å². The number of amides is 1. The summed E-state index contributed by atoms with van der Waals surface area (Å²) in [4.78, 5) is 24.6. The van der Waals surface area contributed by atoms with E-state index in [2.05, 4.69) is 5.32 Å². The lowest BCUT2D eigenvalue weighted by Crippen LogP contribution is -2.36. The molecule has 2 aromatic rings. The summed E-state index contributed by atoms with van der Waals surface area (Å²) in [5, 5.41) is 18.7. The number of rotatable bonds is 6. The second-order valence-corrected chi connectivity index (χ2v) is 11.3. The molecule has 38 heavy (non-hydrogen) atoms. The minimum Gasteiger partial charge on any atom is -0.375 e. The number of Topliss-reactive ketones (excluding diaryl/α,β-unsaturated/α-hetero) is 1. The highest BCUT2D eigenvalue weighted by atomic mass is 35.5. The van der Waals surface area contributed by atoms with Crippen LogP contribution in [0.1, 0.15) is 63.9 Å². The van der Waals surface area contributed by atoms with E-state index in [0.717, 1.165) is 0 Å². The molecule has 0 fully saturated rings. The number of ketones is 1. The molecule has 3 rings (SSSR count). The molecule has 1 amide bonds. The van der Waals surface area contributed by atoms with Crippen molar-refractivity contribution >= 4 is 73.8 Å². The summed E-state index contributed by atoms with van der Waals surface area (Å²) in [6.07, 6.45) is 3.15. The Hall–Kier alpha value is -1.65. The van der Waals surface area contributed by atoms with Gasteiger partial charge in [-0.2, -0.15) is 0 Å². The molecular weight excluding hydrogens is 594 g/mol. The zero-order chi connectivity index (χ0) is 29.8. The van der Waals surface area contributed by atoms with Gasteiger partial charge in [0, 0.05) is 26.9 Å². The average Bonchev–Trinajstić information content (AvgIpc) is 3.13. The van der Waals surface area contributed by atoms with E-state index in [9.17, 15) is 23.1 Å². The van der Waals surface area contributed by atoms with Crippen LogP contribution in [0.25, 0.3) is 0 Å². The minimum atomic E-state index is -3.90. The molecule has 12 heteroatoms. The quantitative estimate of drug-likeness (QED) is 0.182. The maximum atomic E-state index is 12.5. The fourth-order valence-electron chi connectivity index (χ4n) is 3.05. The van der Waals surface area contributed by atoms with Gasteiger partial charge in [-0.25, -0.2) is 13.6 Å². The highest BCUT2D eigenvalue weighted by Gasteiger charge is 2.49. The molecule has 1 aliphatic rings. The number of primary sulfonamides is 1. The Kier molecular flexibility index (Phi) is 15.7. The number of nitrogens with one attached hydrogen (secondary N) is 1. The summed E-state index contributed by atoms with van der Waals surface area (Å²) in [6, 6.07) is 7.71. The van der Waals surface area contributed by atoms with Crippen LogP contribution in [0.2, 0.25) is 10.0 Å². The van der Waals surface area contributed by atoms with Crippen LogP contribution in [-0.2, 0) is 20.4 Å². The predicted octanol–water partition coefficient (Wildman–Crippen LogP) is 6.90. The minimum absolute atomic E-state index is 0.0335. The van der Waals surface area contributed by atoms with Gasteiger partial charge in [-0.05, 0) is 38.1 Å². The Labute approximate surface area is 245 Å². The van der Waals surface area contributed by atoms with Crippen LogP contribution in [0, 0.1) is 0 Å². The maximum absolute atomic E-state index is 12.5. The Morgan fingerprint density at radius 2 is 1.42 bits per heavy atom. The van der Waals surface area contributed by atoms with E-state index in [1.807, 2.05) is 53.7 Å². The number of nitrogens with two attached hydrogens (primary N) is 1. The van der Waals surface area contributed by atoms with Crippen LogP contribution in [0.5, 0.6) is 0 Å². The lowest BCUT2D eigenvalue weighted by Gasteiger charge is -2.21. The fraction of sp³-hybridized carbons (Fsp3) is 0.385. The maximum Gasteiger partial charge on any atom is 0.261 e. The second-order valence-electron chi connectivity index (χ2n) is 7.50. The van der Waals surface area contributed by atoms with Crippen LogP contribution in [-0.4, -0.2) is 36.0 Å². The molecule has 3 atom stereocenters. The van der Waals surface area contributed by atoms with Crippen molar-refractivity contribution in [3.8, 4) is 0 Å². The van der Waals surface area contributed by atoms with Crippen LogP contribution >= 0.6 is 46.4 Å². The van der Waals surface area contributed by atoms with Crippen LogP contribution in [0.15, 0.2) is 53.4 Å². The standard InChI is InChI=1S/C16H12Cl2N2O5S.C6H10Cl2.2C2H6/c17-10-5-6-11(18)14-13(10)16(23,15(22)20-14)7-12(21)8-1-3-9(4-2-8)26(19,24)25;1-5(7)3-4-6(2)8;2*1-2/h1-6,23H,7H2,(H,20,22)(H2,19,24,25);3-6H,1-2H3;2*1-2H3/b;4-3-;;. The Morgan fingerprint density at radius 1 is 0.974 bits per heavy atom. The van der Waals surface area contributed by atoms with Crippen molar-refractivity contribution in [3.05, 3.63) is 69.7 Å². The van der Waals surface area contributed by atoms with Gasteiger partial charge in [0.1, 0.15) is 0 Å².